The lowest BCUT2D eigenvalue weighted by Gasteiger charge is -2.60. The van der Waals surface area contributed by atoms with E-state index in [0.29, 0.717) is 23.8 Å². The van der Waals surface area contributed by atoms with Crippen molar-refractivity contribution in [3.05, 3.63) is 34.6 Å². The second kappa shape index (κ2) is 5.40. The number of sulfonamides is 1. The zero-order valence-corrected chi connectivity index (χ0v) is 14.8. The number of hydrogen-bond acceptors (Lipinski definition) is 3. The number of benzene rings is 1. The van der Waals surface area contributed by atoms with Crippen LogP contribution >= 0.6 is 11.6 Å². The molecule has 0 aromatic heterocycles. The smallest absolute Gasteiger partial charge is 0.216 e. The fraction of sp³-hybridized carbons (Fsp3) is 0.647. The maximum Gasteiger partial charge on any atom is 0.216 e. The second-order valence-electron chi connectivity index (χ2n) is 8.08. The van der Waals surface area contributed by atoms with Gasteiger partial charge in [-0.3, -0.25) is 0 Å². The first kappa shape index (κ1) is 16.8. The van der Waals surface area contributed by atoms with Crippen LogP contribution in [0.3, 0.4) is 0 Å². The Hall–Kier alpha value is -0.690. The first-order valence-corrected chi connectivity index (χ1v) is 10.4. The molecule has 24 heavy (non-hydrogen) atoms. The summed E-state index contributed by atoms with van der Waals surface area (Å²) < 4.78 is 41.7. The Bertz CT molecular complexity index is 768. The van der Waals surface area contributed by atoms with E-state index in [4.69, 9.17) is 11.6 Å². The predicted molar refractivity (Wildman–Crippen MR) is 89.5 cm³/mol. The van der Waals surface area contributed by atoms with E-state index in [1.807, 2.05) is 0 Å². The van der Waals surface area contributed by atoms with Crippen LogP contribution in [0.2, 0.25) is 5.02 Å². The van der Waals surface area contributed by atoms with Gasteiger partial charge in [-0.15, -0.1) is 0 Å². The molecule has 0 spiro atoms. The Kier molecular flexibility index (Phi) is 3.77. The second-order valence-corrected chi connectivity index (χ2v) is 10.2. The van der Waals surface area contributed by atoms with Gasteiger partial charge in [0.25, 0.3) is 0 Å². The molecule has 0 heterocycles. The van der Waals surface area contributed by atoms with Crippen molar-refractivity contribution < 1.29 is 17.9 Å². The molecule has 4 saturated carbocycles. The Morgan fingerprint density at radius 3 is 2.50 bits per heavy atom. The van der Waals surface area contributed by atoms with Gasteiger partial charge in [0.05, 0.1) is 16.4 Å². The van der Waals surface area contributed by atoms with Crippen molar-refractivity contribution >= 4 is 21.6 Å². The normalized spacial score (nSPS) is 37.8. The first-order valence-electron chi connectivity index (χ1n) is 8.34. The van der Waals surface area contributed by atoms with Gasteiger partial charge in [-0.25, -0.2) is 17.5 Å². The van der Waals surface area contributed by atoms with Gasteiger partial charge in [-0.2, -0.15) is 0 Å². The number of aliphatic hydroxyl groups is 1. The largest absolute Gasteiger partial charge is 0.390 e. The Balaban J connectivity index is 1.54. The van der Waals surface area contributed by atoms with Crippen molar-refractivity contribution in [2.45, 2.75) is 55.4 Å². The predicted octanol–water partition coefficient (Wildman–Crippen LogP) is 2.98. The highest BCUT2D eigenvalue weighted by Gasteiger charge is 2.58. The third-order valence-corrected chi connectivity index (χ3v) is 7.51. The van der Waals surface area contributed by atoms with Crippen molar-refractivity contribution in [2.24, 2.45) is 11.8 Å². The molecule has 1 aromatic carbocycles. The molecule has 2 unspecified atom stereocenters. The number of halogens is 2. The van der Waals surface area contributed by atoms with E-state index in [1.165, 1.54) is 12.1 Å². The summed E-state index contributed by atoms with van der Waals surface area (Å²) in [5.74, 6) is -0.108. The van der Waals surface area contributed by atoms with Crippen LogP contribution in [0.15, 0.2) is 18.2 Å². The van der Waals surface area contributed by atoms with Crippen LogP contribution < -0.4 is 4.72 Å². The van der Waals surface area contributed by atoms with Gasteiger partial charge < -0.3 is 5.11 Å². The van der Waals surface area contributed by atoms with Gasteiger partial charge in [-0.05, 0) is 68.1 Å². The molecule has 4 aliphatic carbocycles. The van der Waals surface area contributed by atoms with Crippen LogP contribution in [0, 0.1) is 17.7 Å². The molecule has 7 heteroatoms. The van der Waals surface area contributed by atoms with Crippen LogP contribution in [0.5, 0.6) is 0 Å². The summed E-state index contributed by atoms with van der Waals surface area (Å²) in [7, 11) is -3.62. The molecule has 4 nitrogen and oxygen atoms in total. The summed E-state index contributed by atoms with van der Waals surface area (Å²) in [5, 5.41) is 10.7. The van der Waals surface area contributed by atoms with Crippen LogP contribution in [-0.2, 0) is 15.8 Å². The lowest BCUT2D eigenvalue weighted by Crippen LogP contribution is -2.65. The van der Waals surface area contributed by atoms with Gasteiger partial charge in [0.15, 0.2) is 0 Å². The van der Waals surface area contributed by atoms with E-state index in [-0.39, 0.29) is 10.8 Å². The Morgan fingerprint density at radius 2 is 1.92 bits per heavy atom. The van der Waals surface area contributed by atoms with Crippen molar-refractivity contribution in [3.8, 4) is 0 Å². The average Bonchev–Trinajstić information content (AvgIpc) is 2.38. The van der Waals surface area contributed by atoms with E-state index < -0.39 is 27.0 Å². The highest BCUT2D eigenvalue weighted by atomic mass is 35.5. The summed E-state index contributed by atoms with van der Waals surface area (Å²) in [6.07, 6.45) is 4.74. The van der Waals surface area contributed by atoms with Crippen LogP contribution in [0.25, 0.3) is 0 Å². The van der Waals surface area contributed by atoms with Crippen molar-refractivity contribution in [1.29, 1.82) is 0 Å². The topological polar surface area (TPSA) is 66.4 Å². The molecule has 2 N–H and O–H groups in total. The Labute approximate surface area is 146 Å². The number of hydrogen-bond donors (Lipinski definition) is 2. The van der Waals surface area contributed by atoms with Gasteiger partial charge in [0.1, 0.15) is 5.82 Å². The third kappa shape index (κ3) is 3.09. The van der Waals surface area contributed by atoms with Crippen LogP contribution in [-0.4, -0.2) is 24.7 Å². The minimum Gasteiger partial charge on any atom is -0.390 e. The van der Waals surface area contributed by atoms with Crippen LogP contribution in [0.4, 0.5) is 4.39 Å². The zero-order valence-electron chi connectivity index (χ0n) is 13.3. The molecular weight excluding hydrogens is 353 g/mol. The lowest BCUT2D eigenvalue weighted by atomic mass is 9.51. The molecule has 1 aromatic rings. The standard InChI is InChI=1S/C17H21ClFNO3S/c18-14-2-1-11(4-15(14)19)9-24(22,23)20-16-5-12-3-13(6-16)8-17(21,7-12)10-16/h1-2,4,12-13,20-21H,3,5-10H2. The summed E-state index contributed by atoms with van der Waals surface area (Å²) in [5.41, 5.74) is -0.894. The molecule has 0 amide bonds. The van der Waals surface area contributed by atoms with Gasteiger partial charge in [0, 0.05) is 5.54 Å². The first-order chi connectivity index (χ1) is 11.2. The fourth-order valence-corrected chi connectivity index (χ4v) is 7.26. The van der Waals surface area contributed by atoms with E-state index in [0.717, 1.165) is 38.2 Å². The molecule has 132 valence electrons. The molecular formula is C17H21ClFNO3S. The lowest BCUT2D eigenvalue weighted by molar-refractivity contribution is -0.137. The molecule has 5 rings (SSSR count). The van der Waals surface area contributed by atoms with E-state index in [1.54, 1.807) is 0 Å². The average molecular weight is 374 g/mol. The number of nitrogens with one attached hydrogen (secondary N) is 1. The maximum absolute atomic E-state index is 13.5. The Morgan fingerprint density at radius 1 is 1.25 bits per heavy atom. The summed E-state index contributed by atoms with van der Waals surface area (Å²) in [4.78, 5) is 0. The SMILES string of the molecule is O=S(=O)(Cc1ccc(Cl)c(F)c1)NC12CC3CC(CC(O)(C3)C1)C2. The fourth-order valence-electron chi connectivity index (χ4n) is 5.55. The highest BCUT2D eigenvalue weighted by molar-refractivity contribution is 7.88. The zero-order chi connectivity index (χ0) is 17.2. The van der Waals surface area contributed by atoms with Crippen molar-refractivity contribution in [3.63, 3.8) is 0 Å². The number of rotatable bonds is 4. The quantitative estimate of drug-likeness (QED) is 0.852. The minimum atomic E-state index is -3.62. The minimum absolute atomic E-state index is 0.0209. The van der Waals surface area contributed by atoms with Gasteiger partial charge in [0.2, 0.25) is 10.0 Å². The maximum atomic E-state index is 13.5. The van der Waals surface area contributed by atoms with Gasteiger partial charge >= 0.3 is 0 Å². The summed E-state index contributed by atoms with van der Waals surface area (Å²) in [6.45, 7) is 0. The summed E-state index contributed by atoms with van der Waals surface area (Å²) >= 11 is 5.64. The van der Waals surface area contributed by atoms with E-state index in [2.05, 4.69) is 4.72 Å². The van der Waals surface area contributed by atoms with Crippen molar-refractivity contribution in [2.75, 3.05) is 0 Å². The molecule has 4 fully saturated rings. The molecule has 0 radical (unpaired) electrons. The molecule has 2 atom stereocenters. The highest BCUT2D eigenvalue weighted by Crippen LogP contribution is 2.57. The molecule has 4 bridgehead atoms. The van der Waals surface area contributed by atoms with Crippen molar-refractivity contribution in [1.82, 2.24) is 4.72 Å². The third-order valence-electron chi connectivity index (χ3n) is 5.74. The summed E-state index contributed by atoms with van der Waals surface area (Å²) in [6, 6.07) is 4.06. The van der Waals surface area contributed by atoms with Gasteiger partial charge in [-0.1, -0.05) is 17.7 Å². The van der Waals surface area contributed by atoms with E-state index >= 15 is 0 Å². The van der Waals surface area contributed by atoms with Crippen LogP contribution in [0.1, 0.15) is 44.1 Å². The molecule has 0 saturated heterocycles. The molecule has 4 aliphatic rings. The molecule has 0 aliphatic heterocycles. The monoisotopic (exact) mass is 373 g/mol. The van der Waals surface area contributed by atoms with E-state index in [9.17, 15) is 17.9 Å².